The minimum Gasteiger partial charge on any atom is -0.480 e. The third kappa shape index (κ3) is 5.95. The fourth-order valence-corrected chi connectivity index (χ4v) is 3.17. The third-order valence-corrected chi connectivity index (χ3v) is 4.48. The Hall–Kier alpha value is -0.610. The molecule has 4 nitrogen and oxygen atoms in total. The van der Waals surface area contributed by atoms with Crippen molar-refractivity contribution < 1.29 is 14.6 Å². The van der Waals surface area contributed by atoms with Crippen LogP contribution >= 0.6 is 0 Å². The smallest absolute Gasteiger partial charge is 0.323 e. The lowest BCUT2D eigenvalue weighted by Crippen LogP contribution is -2.50. The van der Waals surface area contributed by atoms with Crippen LogP contribution in [0.2, 0.25) is 0 Å². The van der Waals surface area contributed by atoms with E-state index in [1.165, 1.54) is 25.7 Å². The van der Waals surface area contributed by atoms with Gasteiger partial charge in [0.2, 0.25) is 0 Å². The van der Waals surface area contributed by atoms with Gasteiger partial charge in [-0.25, -0.2) is 0 Å². The van der Waals surface area contributed by atoms with E-state index in [0.717, 1.165) is 25.8 Å². The molecule has 0 spiro atoms. The second-order valence-corrected chi connectivity index (χ2v) is 6.47. The Morgan fingerprint density at radius 1 is 1.33 bits per heavy atom. The lowest BCUT2D eigenvalue weighted by atomic mass is 9.97. The van der Waals surface area contributed by atoms with Crippen LogP contribution < -0.4 is 5.32 Å². The zero-order valence-electron chi connectivity index (χ0n) is 14.0. The summed E-state index contributed by atoms with van der Waals surface area (Å²) >= 11 is 0. The quantitative estimate of drug-likeness (QED) is 0.571. The Morgan fingerprint density at radius 2 is 2.10 bits per heavy atom. The molecule has 0 amide bonds. The highest BCUT2D eigenvalue weighted by Gasteiger charge is 2.45. The predicted molar refractivity (Wildman–Crippen MR) is 85.6 cm³/mol. The second kappa shape index (κ2) is 9.42. The zero-order valence-corrected chi connectivity index (χ0v) is 14.0. The molecule has 0 radical (unpaired) electrons. The van der Waals surface area contributed by atoms with Gasteiger partial charge in [0.1, 0.15) is 5.54 Å². The van der Waals surface area contributed by atoms with E-state index in [9.17, 15) is 9.90 Å². The number of carbonyl (C=O) groups is 1. The van der Waals surface area contributed by atoms with E-state index in [1.807, 2.05) is 0 Å². The first-order chi connectivity index (χ1) is 10.0. The maximum Gasteiger partial charge on any atom is 0.323 e. The Balaban J connectivity index is 2.36. The van der Waals surface area contributed by atoms with Crippen LogP contribution in [-0.2, 0) is 9.53 Å². The summed E-state index contributed by atoms with van der Waals surface area (Å²) in [5, 5.41) is 12.8. The van der Waals surface area contributed by atoms with Gasteiger partial charge in [0.25, 0.3) is 0 Å². The van der Waals surface area contributed by atoms with Crippen LogP contribution in [0.3, 0.4) is 0 Å². The van der Waals surface area contributed by atoms with Crippen LogP contribution in [0.4, 0.5) is 0 Å². The van der Waals surface area contributed by atoms with Crippen LogP contribution in [0.15, 0.2) is 0 Å². The first-order valence-corrected chi connectivity index (χ1v) is 8.68. The van der Waals surface area contributed by atoms with Gasteiger partial charge in [0, 0.05) is 6.42 Å². The van der Waals surface area contributed by atoms with Crippen molar-refractivity contribution >= 4 is 5.97 Å². The van der Waals surface area contributed by atoms with Crippen molar-refractivity contribution in [1.29, 1.82) is 0 Å². The summed E-state index contributed by atoms with van der Waals surface area (Å²) in [6.07, 6.45) is 9.51. The zero-order chi connectivity index (χ0) is 15.7. The number of unbranched alkanes of at least 4 members (excludes halogenated alkanes) is 3. The van der Waals surface area contributed by atoms with Crippen molar-refractivity contribution in [2.45, 2.75) is 96.3 Å². The third-order valence-electron chi connectivity index (χ3n) is 4.48. The number of carboxylic acids is 1. The van der Waals surface area contributed by atoms with E-state index in [-0.39, 0.29) is 12.2 Å². The average molecular weight is 299 g/mol. The standard InChI is InChI=1S/C17H33NO3/c1-4-6-7-8-9-14(3)21-15-10-11-17(13-15,16(19)20)18-12-5-2/h14-15,18H,4-13H2,1-3H3,(H,19,20). The van der Waals surface area contributed by atoms with E-state index in [1.54, 1.807) is 0 Å². The Morgan fingerprint density at radius 3 is 2.71 bits per heavy atom. The van der Waals surface area contributed by atoms with Gasteiger partial charge in [-0.15, -0.1) is 0 Å². The highest BCUT2D eigenvalue weighted by molar-refractivity contribution is 5.79. The molecule has 21 heavy (non-hydrogen) atoms. The highest BCUT2D eigenvalue weighted by atomic mass is 16.5. The molecular weight excluding hydrogens is 266 g/mol. The Labute approximate surface area is 129 Å². The highest BCUT2D eigenvalue weighted by Crippen LogP contribution is 2.33. The fourth-order valence-electron chi connectivity index (χ4n) is 3.17. The molecule has 3 atom stereocenters. The van der Waals surface area contributed by atoms with Gasteiger partial charge < -0.3 is 15.2 Å². The maximum atomic E-state index is 11.6. The molecule has 1 aliphatic rings. The van der Waals surface area contributed by atoms with Gasteiger partial charge >= 0.3 is 5.97 Å². The Kier molecular flexibility index (Phi) is 8.27. The van der Waals surface area contributed by atoms with Crippen molar-refractivity contribution in [3.05, 3.63) is 0 Å². The number of aliphatic carboxylic acids is 1. The monoisotopic (exact) mass is 299 g/mol. The van der Waals surface area contributed by atoms with Crippen LogP contribution in [0, 0.1) is 0 Å². The first kappa shape index (κ1) is 18.4. The van der Waals surface area contributed by atoms with Crippen molar-refractivity contribution in [2.75, 3.05) is 6.54 Å². The number of carboxylic acid groups (broad SMARTS) is 1. The van der Waals surface area contributed by atoms with Crippen molar-refractivity contribution in [2.24, 2.45) is 0 Å². The minimum atomic E-state index is -0.761. The molecule has 0 bridgehead atoms. The summed E-state index contributed by atoms with van der Waals surface area (Å²) in [7, 11) is 0. The van der Waals surface area contributed by atoms with Crippen LogP contribution in [0.1, 0.15) is 78.6 Å². The van der Waals surface area contributed by atoms with Crippen molar-refractivity contribution in [1.82, 2.24) is 5.32 Å². The minimum absolute atomic E-state index is 0.0895. The van der Waals surface area contributed by atoms with Gasteiger partial charge in [0.05, 0.1) is 12.2 Å². The normalized spacial score (nSPS) is 26.9. The molecule has 3 unspecified atom stereocenters. The second-order valence-electron chi connectivity index (χ2n) is 6.47. The lowest BCUT2D eigenvalue weighted by molar-refractivity contribution is -0.145. The summed E-state index contributed by atoms with van der Waals surface area (Å²) < 4.78 is 6.07. The fraction of sp³-hybridized carbons (Fsp3) is 0.941. The predicted octanol–water partition coefficient (Wildman–Crippen LogP) is 3.74. The average Bonchev–Trinajstić information content (AvgIpc) is 2.86. The molecule has 4 heteroatoms. The number of hydrogen-bond donors (Lipinski definition) is 2. The summed E-state index contributed by atoms with van der Waals surface area (Å²) in [4.78, 5) is 11.6. The molecule has 1 saturated carbocycles. The van der Waals surface area contributed by atoms with E-state index >= 15 is 0 Å². The molecule has 0 aliphatic heterocycles. The molecule has 0 aromatic heterocycles. The summed E-state index contributed by atoms with van der Waals surface area (Å²) in [6, 6.07) is 0. The molecule has 1 fully saturated rings. The Bertz CT molecular complexity index is 308. The molecule has 0 saturated heterocycles. The van der Waals surface area contributed by atoms with E-state index in [4.69, 9.17) is 4.74 Å². The maximum absolute atomic E-state index is 11.6. The topological polar surface area (TPSA) is 58.6 Å². The summed E-state index contributed by atoms with van der Waals surface area (Å²) in [5.41, 5.74) is -0.761. The largest absolute Gasteiger partial charge is 0.480 e. The molecule has 1 rings (SSSR count). The lowest BCUT2D eigenvalue weighted by Gasteiger charge is -2.26. The van der Waals surface area contributed by atoms with Gasteiger partial charge in [-0.3, -0.25) is 4.79 Å². The number of rotatable bonds is 11. The van der Waals surface area contributed by atoms with E-state index in [0.29, 0.717) is 12.8 Å². The number of nitrogens with one attached hydrogen (secondary N) is 1. The molecule has 0 aromatic rings. The summed E-state index contributed by atoms with van der Waals surface area (Å²) in [5.74, 6) is -0.724. The molecule has 0 aromatic carbocycles. The van der Waals surface area contributed by atoms with Gasteiger partial charge in [-0.2, -0.15) is 0 Å². The van der Waals surface area contributed by atoms with Gasteiger partial charge in [-0.1, -0.05) is 39.5 Å². The molecule has 1 aliphatic carbocycles. The molecular formula is C17H33NO3. The van der Waals surface area contributed by atoms with E-state index < -0.39 is 11.5 Å². The molecule has 124 valence electrons. The van der Waals surface area contributed by atoms with Crippen molar-refractivity contribution in [3.63, 3.8) is 0 Å². The van der Waals surface area contributed by atoms with E-state index in [2.05, 4.69) is 26.1 Å². The van der Waals surface area contributed by atoms with Crippen LogP contribution in [-0.4, -0.2) is 35.4 Å². The first-order valence-electron chi connectivity index (χ1n) is 8.68. The molecule has 0 heterocycles. The number of hydrogen-bond acceptors (Lipinski definition) is 3. The van der Waals surface area contributed by atoms with Crippen molar-refractivity contribution in [3.8, 4) is 0 Å². The molecule has 2 N–H and O–H groups in total. The van der Waals surface area contributed by atoms with Crippen LogP contribution in [0.25, 0.3) is 0 Å². The van der Waals surface area contributed by atoms with Gasteiger partial charge in [0.15, 0.2) is 0 Å². The van der Waals surface area contributed by atoms with Gasteiger partial charge in [-0.05, 0) is 39.2 Å². The number of ether oxygens (including phenoxy) is 1. The SMILES string of the molecule is CCCCCCC(C)OC1CCC(NCCC)(C(=O)O)C1. The summed E-state index contributed by atoms with van der Waals surface area (Å²) in [6.45, 7) is 7.15. The van der Waals surface area contributed by atoms with Crippen LogP contribution in [0.5, 0.6) is 0 Å².